The normalized spacial score (nSPS) is 10.0. The van der Waals surface area contributed by atoms with E-state index in [-0.39, 0.29) is 0 Å². The second-order valence-electron chi connectivity index (χ2n) is 3.50. The van der Waals surface area contributed by atoms with Crippen molar-refractivity contribution >= 4 is 6.29 Å². The van der Waals surface area contributed by atoms with Gasteiger partial charge < -0.3 is 4.89 Å². The molecule has 0 aromatic heterocycles. The zero-order valence-electron chi connectivity index (χ0n) is 8.90. The number of carbonyl (C=O) groups excluding carboxylic acids is 1. The van der Waals surface area contributed by atoms with Crippen LogP contribution in [0, 0.1) is 0 Å². The molecule has 82 valence electrons. The van der Waals surface area contributed by atoms with Crippen molar-refractivity contribution in [3.05, 3.63) is 29.3 Å². The summed E-state index contributed by atoms with van der Waals surface area (Å²) in [6.45, 7) is 2.13. The summed E-state index contributed by atoms with van der Waals surface area (Å²) in [5, 5.41) is 8.73. The van der Waals surface area contributed by atoms with E-state index < -0.39 is 0 Å². The van der Waals surface area contributed by atoms with Gasteiger partial charge in [-0.2, -0.15) is 0 Å². The lowest BCUT2D eigenvalue weighted by Crippen LogP contribution is -1.97. The zero-order valence-corrected chi connectivity index (χ0v) is 8.90. The van der Waals surface area contributed by atoms with Crippen molar-refractivity contribution in [1.29, 1.82) is 0 Å². The average Bonchev–Trinajstić information content (AvgIpc) is 2.29. The molecule has 0 unspecified atom stereocenters. The van der Waals surface area contributed by atoms with Gasteiger partial charge in [0.05, 0.1) is 5.56 Å². The third-order valence-electron chi connectivity index (χ3n) is 2.39. The maximum absolute atomic E-state index is 10.7. The lowest BCUT2D eigenvalue weighted by Gasteiger charge is -2.07. The smallest absolute Gasteiger partial charge is 0.178 e. The predicted molar refractivity (Wildman–Crippen MR) is 58.3 cm³/mol. The summed E-state index contributed by atoms with van der Waals surface area (Å²) in [5.41, 5.74) is 1.28. The summed E-state index contributed by atoms with van der Waals surface area (Å²) in [5.74, 6) is 0.295. The summed E-state index contributed by atoms with van der Waals surface area (Å²) in [7, 11) is 0. The van der Waals surface area contributed by atoms with Gasteiger partial charge in [-0.25, -0.2) is 5.26 Å². The van der Waals surface area contributed by atoms with E-state index in [0.29, 0.717) is 17.6 Å². The topological polar surface area (TPSA) is 46.5 Å². The Kier molecular flexibility index (Phi) is 4.84. The Bertz CT molecular complexity index is 321. The van der Waals surface area contributed by atoms with Crippen LogP contribution in [0.2, 0.25) is 0 Å². The van der Waals surface area contributed by atoms with Gasteiger partial charge >= 0.3 is 0 Å². The first-order valence-electron chi connectivity index (χ1n) is 5.22. The van der Waals surface area contributed by atoms with Crippen LogP contribution in [0.25, 0.3) is 0 Å². The number of carbonyl (C=O) groups is 1. The third-order valence-corrected chi connectivity index (χ3v) is 2.39. The van der Waals surface area contributed by atoms with E-state index in [2.05, 4.69) is 11.8 Å². The maximum Gasteiger partial charge on any atom is 0.178 e. The molecule has 0 amide bonds. The Labute approximate surface area is 89.6 Å². The minimum absolute atomic E-state index is 0.295. The first-order valence-corrected chi connectivity index (χ1v) is 5.22. The molecule has 3 nitrogen and oxygen atoms in total. The Hall–Kier alpha value is -1.35. The Morgan fingerprint density at radius 3 is 2.80 bits per heavy atom. The summed E-state index contributed by atoms with van der Waals surface area (Å²) >= 11 is 0. The van der Waals surface area contributed by atoms with Gasteiger partial charge in [0.2, 0.25) is 0 Å². The predicted octanol–water partition coefficient (Wildman–Crippen LogP) is 3.08. The molecule has 0 atom stereocenters. The standard InChI is InChI=1S/C12H16O3/c1-2-3-4-6-10-7-5-8-11(9-13)12(10)15-14/h5,7-9,14H,2-4,6H2,1H3. The zero-order chi connectivity index (χ0) is 11.1. The minimum Gasteiger partial charge on any atom is -0.339 e. The van der Waals surface area contributed by atoms with Gasteiger partial charge in [-0.3, -0.25) is 4.79 Å². The number of hydrogen-bond acceptors (Lipinski definition) is 3. The molecule has 1 N–H and O–H groups in total. The molecule has 1 aromatic carbocycles. The van der Waals surface area contributed by atoms with Gasteiger partial charge in [-0.1, -0.05) is 31.9 Å². The quantitative estimate of drug-likeness (QED) is 0.338. The van der Waals surface area contributed by atoms with Crippen LogP contribution in [-0.4, -0.2) is 11.5 Å². The van der Waals surface area contributed by atoms with Gasteiger partial charge in [0.25, 0.3) is 0 Å². The van der Waals surface area contributed by atoms with Crippen molar-refractivity contribution in [2.24, 2.45) is 0 Å². The monoisotopic (exact) mass is 208 g/mol. The molecule has 1 rings (SSSR count). The van der Waals surface area contributed by atoms with Gasteiger partial charge in [-0.15, -0.1) is 0 Å². The van der Waals surface area contributed by atoms with E-state index in [0.717, 1.165) is 31.2 Å². The van der Waals surface area contributed by atoms with Crippen LogP contribution in [0.1, 0.15) is 42.1 Å². The van der Waals surface area contributed by atoms with Gasteiger partial charge in [0.1, 0.15) is 0 Å². The number of hydrogen-bond donors (Lipinski definition) is 1. The lowest BCUT2D eigenvalue weighted by molar-refractivity contribution is -0.138. The fourth-order valence-corrected chi connectivity index (χ4v) is 1.57. The summed E-state index contributed by atoms with van der Waals surface area (Å²) < 4.78 is 0. The van der Waals surface area contributed by atoms with Crippen molar-refractivity contribution in [3.63, 3.8) is 0 Å². The number of unbranched alkanes of at least 4 members (excludes halogenated alkanes) is 2. The summed E-state index contributed by atoms with van der Waals surface area (Å²) in [6, 6.07) is 5.30. The van der Waals surface area contributed by atoms with E-state index in [1.54, 1.807) is 12.1 Å². The molecule has 0 radical (unpaired) electrons. The minimum atomic E-state index is 0.295. The van der Waals surface area contributed by atoms with Crippen LogP contribution < -0.4 is 4.89 Å². The molecule has 0 aliphatic carbocycles. The number of rotatable bonds is 6. The molecule has 0 fully saturated rings. The molecule has 0 aliphatic rings. The van der Waals surface area contributed by atoms with Gasteiger partial charge in [0, 0.05) is 0 Å². The fraction of sp³-hybridized carbons (Fsp3) is 0.417. The average molecular weight is 208 g/mol. The molecule has 15 heavy (non-hydrogen) atoms. The van der Waals surface area contributed by atoms with Crippen molar-refractivity contribution in [2.75, 3.05) is 0 Å². The summed E-state index contributed by atoms with van der Waals surface area (Å²) in [4.78, 5) is 14.9. The number of aldehydes is 1. The number of para-hydroxylation sites is 1. The van der Waals surface area contributed by atoms with Gasteiger partial charge in [0.15, 0.2) is 12.0 Å². The van der Waals surface area contributed by atoms with Gasteiger partial charge in [-0.05, 0) is 24.5 Å². The third kappa shape index (κ3) is 3.06. The van der Waals surface area contributed by atoms with Crippen molar-refractivity contribution < 1.29 is 14.9 Å². The first-order chi connectivity index (χ1) is 7.33. The molecule has 0 saturated heterocycles. The van der Waals surface area contributed by atoms with Crippen LogP contribution in [0.3, 0.4) is 0 Å². The number of aryl methyl sites for hydroxylation is 1. The van der Waals surface area contributed by atoms with Crippen LogP contribution in [0.15, 0.2) is 18.2 Å². The second kappa shape index (κ2) is 6.19. The van der Waals surface area contributed by atoms with Crippen LogP contribution in [0.4, 0.5) is 0 Å². The molecule has 3 heteroatoms. The highest BCUT2D eigenvalue weighted by Crippen LogP contribution is 2.24. The first kappa shape index (κ1) is 11.7. The molecule has 1 aromatic rings. The highest BCUT2D eigenvalue weighted by Gasteiger charge is 2.08. The largest absolute Gasteiger partial charge is 0.339 e. The number of benzene rings is 1. The molecule has 0 bridgehead atoms. The second-order valence-corrected chi connectivity index (χ2v) is 3.50. The Balaban J connectivity index is 2.81. The molecular weight excluding hydrogens is 192 g/mol. The highest BCUT2D eigenvalue weighted by atomic mass is 17.1. The molecule has 0 saturated carbocycles. The van der Waals surface area contributed by atoms with E-state index in [1.807, 2.05) is 6.07 Å². The lowest BCUT2D eigenvalue weighted by atomic mass is 10.0. The Morgan fingerprint density at radius 1 is 1.40 bits per heavy atom. The molecule has 0 aliphatic heterocycles. The van der Waals surface area contributed by atoms with E-state index in [9.17, 15) is 4.79 Å². The van der Waals surface area contributed by atoms with Crippen LogP contribution in [0.5, 0.6) is 5.75 Å². The van der Waals surface area contributed by atoms with E-state index >= 15 is 0 Å². The van der Waals surface area contributed by atoms with E-state index in [4.69, 9.17) is 5.26 Å². The van der Waals surface area contributed by atoms with Crippen molar-refractivity contribution in [1.82, 2.24) is 0 Å². The van der Waals surface area contributed by atoms with E-state index in [1.165, 1.54) is 0 Å². The van der Waals surface area contributed by atoms with Crippen molar-refractivity contribution in [3.8, 4) is 5.75 Å². The molecule has 0 spiro atoms. The summed E-state index contributed by atoms with van der Waals surface area (Å²) in [6.07, 6.45) is 4.83. The fourth-order valence-electron chi connectivity index (χ4n) is 1.57. The van der Waals surface area contributed by atoms with Crippen molar-refractivity contribution in [2.45, 2.75) is 32.6 Å². The SMILES string of the molecule is CCCCCc1cccc(C=O)c1OO. The molecular formula is C12H16O3. The van der Waals surface area contributed by atoms with Crippen LogP contribution in [-0.2, 0) is 6.42 Å². The molecule has 0 heterocycles. The highest BCUT2D eigenvalue weighted by molar-refractivity contribution is 5.80. The maximum atomic E-state index is 10.7. The van der Waals surface area contributed by atoms with Crippen LogP contribution >= 0.6 is 0 Å². The Morgan fingerprint density at radius 2 is 2.20 bits per heavy atom.